The number of nitrogens with zero attached hydrogens (tertiary/aromatic N) is 2. The molecule has 1 aliphatic rings. The largest absolute Gasteiger partial charge is 0.477 e. The van der Waals surface area contributed by atoms with Crippen molar-refractivity contribution in [3.05, 3.63) is 83.6 Å². The van der Waals surface area contributed by atoms with Crippen molar-refractivity contribution in [1.29, 1.82) is 0 Å². The number of aromatic carboxylic acids is 1. The van der Waals surface area contributed by atoms with Crippen LogP contribution in [0, 0.1) is 0 Å². The summed E-state index contributed by atoms with van der Waals surface area (Å²) < 4.78 is 1.83. The summed E-state index contributed by atoms with van der Waals surface area (Å²) in [4.78, 5) is 11.5. The Morgan fingerprint density at radius 1 is 1.12 bits per heavy atom. The summed E-state index contributed by atoms with van der Waals surface area (Å²) in [5.41, 5.74) is 2.60. The molecule has 4 rings (SSSR count). The first-order valence-electron chi connectivity index (χ1n) is 8.38. The van der Waals surface area contributed by atoms with Crippen molar-refractivity contribution in [2.45, 2.75) is 24.9 Å². The number of hydrogen-bond acceptors (Lipinski definition) is 3. The molecule has 5 heteroatoms. The number of hydrogen-bond donors (Lipinski definition) is 2. The third kappa shape index (κ3) is 3.01. The Bertz CT molecular complexity index is 874. The number of fused-ring (bicyclic) bond motifs is 1. The summed E-state index contributed by atoms with van der Waals surface area (Å²) in [7, 11) is 0. The zero-order valence-corrected chi connectivity index (χ0v) is 13.7. The first-order valence-corrected chi connectivity index (χ1v) is 8.38. The molecule has 126 valence electrons. The molecule has 5 nitrogen and oxygen atoms in total. The Morgan fingerprint density at radius 3 is 2.48 bits per heavy atom. The number of carbonyl (C=O) groups is 1. The van der Waals surface area contributed by atoms with E-state index in [0.29, 0.717) is 5.82 Å². The SMILES string of the molecule is O=C(O)c1cnn2c1N[C@@H](c1ccccc1)C[C@H]2Cc1ccccc1. The van der Waals surface area contributed by atoms with Crippen molar-refractivity contribution >= 4 is 11.8 Å². The van der Waals surface area contributed by atoms with Crippen LogP contribution in [-0.2, 0) is 6.42 Å². The van der Waals surface area contributed by atoms with Gasteiger partial charge in [-0.05, 0) is 24.0 Å². The van der Waals surface area contributed by atoms with Crippen molar-refractivity contribution in [3.8, 4) is 0 Å². The van der Waals surface area contributed by atoms with Crippen molar-refractivity contribution in [3.63, 3.8) is 0 Å². The molecule has 2 N–H and O–H groups in total. The maximum absolute atomic E-state index is 11.5. The quantitative estimate of drug-likeness (QED) is 0.759. The number of carboxylic acid groups (broad SMARTS) is 1. The van der Waals surface area contributed by atoms with Gasteiger partial charge in [-0.1, -0.05) is 60.7 Å². The smallest absolute Gasteiger partial charge is 0.341 e. The molecule has 0 saturated carbocycles. The normalized spacial score (nSPS) is 19.0. The molecule has 0 bridgehead atoms. The third-order valence-electron chi connectivity index (χ3n) is 4.71. The molecule has 2 aromatic carbocycles. The molecule has 2 atom stereocenters. The lowest BCUT2D eigenvalue weighted by Gasteiger charge is -2.33. The van der Waals surface area contributed by atoms with E-state index in [9.17, 15) is 9.90 Å². The van der Waals surface area contributed by atoms with Gasteiger partial charge in [-0.3, -0.25) is 0 Å². The standard InChI is InChI=1S/C20H19N3O2/c24-20(25)17-13-21-23-16(11-14-7-3-1-4-8-14)12-18(22-19(17)23)15-9-5-2-6-10-15/h1-10,13,16,18,22H,11-12H2,(H,24,25)/t16-,18-/m1/s1. The summed E-state index contributed by atoms with van der Waals surface area (Å²) in [5, 5.41) is 17.2. The molecule has 0 radical (unpaired) electrons. The number of carboxylic acids is 1. The minimum absolute atomic E-state index is 0.0669. The second-order valence-electron chi connectivity index (χ2n) is 6.34. The summed E-state index contributed by atoms with van der Waals surface area (Å²) in [6.45, 7) is 0. The molecular formula is C20H19N3O2. The van der Waals surface area contributed by atoms with Crippen LogP contribution in [0.15, 0.2) is 66.9 Å². The lowest BCUT2D eigenvalue weighted by Crippen LogP contribution is -2.29. The fourth-order valence-electron chi connectivity index (χ4n) is 3.50. The fourth-order valence-corrected chi connectivity index (χ4v) is 3.50. The number of rotatable bonds is 4. The summed E-state index contributed by atoms with van der Waals surface area (Å²) in [5.74, 6) is -0.366. The highest BCUT2D eigenvalue weighted by Crippen LogP contribution is 2.38. The fraction of sp³-hybridized carbons (Fsp3) is 0.200. The maximum atomic E-state index is 11.5. The van der Waals surface area contributed by atoms with Crippen LogP contribution >= 0.6 is 0 Å². The highest BCUT2D eigenvalue weighted by atomic mass is 16.4. The van der Waals surface area contributed by atoms with Gasteiger partial charge in [0.15, 0.2) is 0 Å². The summed E-state index contributed by atoms with van der Waals surface area (Å²) >= 11 is 0. The number of aromatic nitrogens is 2. The van der Waals surface area contributed by atoms with Crippen LogP contribution in [-0.4, -0.2) is 20.9 Å². The molecule has 2 heterocycles. The van der Waals surface area contributed by atoms with E-state index in [1.165, 1.54) is 11.8 Å². The average molecular weight is 333 g/mol. The highest BCUT2D eigenvalue weighted by molar-refractivity contribution is 5.93. The molecule has 0 saturated heterocycles. The zero-order valence-electron chi connectivity index (χ0n) is 13.7. The van der Waals surface area contributed by atoms with Gasteiger partial charge in [-0.25, -0.2) is 9.48 Å². The highest BCUT2D eigenvalue weighted by Gasteiger charge is 2.31. The van der Waals surface area contributed by atoms with E-state index in [0.717, 1.165) is 18.4 Å². The number of nitrogens with one attached hydrogen (secondary N) is 1. The van der Waals surface area contributed by atoms with Gasteiger partial charge < -0.3 is 10.4 Å². The van der Waals surface area contributed by atoms with Gasteiger partial charge in [-0.2, -0.15) is 5.10 Å². The lowest BCUT2D eigenvalue weighted by atomic mass is 9.93. The van der Waals surface area contributed by atoms with Crippen LogP contribution in [0.1, 0.15) is 40.0 Å². The molecule has 0 amide bonds. The van der Waals surface area contributed by atoms with E-state index in [4.69, 9.17) is 0 Å². The van der Waals surface area contributed by atoms with Crippen molar-refractivity contribution in [2.75, 3.05) is 5.32 Å². The van der Waals surface area contributed by atoms with E-state index in [-0.39, 0.29) is 17.6 Å². The Morgan fingerprint density at radius 2 is 1.80 bits per heavy atom. The predicted molar refractivity (Wildman–Crippen MR) is 95.8 cm³/mol. The minimum atomic E-state index is -0.957. The second-order valence-corrected chi connectivity index (χ2v) is 6.34. The molecule has 0 fully saturated rings. The molecule has 0 aliphatic carbocycles. The maximum Gasteiger partial charge on any atom is 0.341 e. The number of anilines is 1. The Hall–Kier alpha value is -3.08. The van der Waals surface area contributed by atoms with Gasteiger partial charge in [0.2, 0.25) is 0 Å². The second kappa shape index (κ2) is 6.43. The van der Waals surface area contributed by atoms with Crippen LogP contribution in [0.3, 0.4) is 0 Å². The van der Waals surface area contributed by atoms with Crippen LogP contribution < -0.4 is 5.32 Å². The van der Waals surface area contributed by atoms with E-state index < -0.39 is 5.97 Å². The Labute approximate surface area is 145 Å². The molecule has 3 aromatic rings. The third-order valence-corrected chi connectivity index (χ3v) is 4.71. The summed E-state index contributed by atoms with van der Waals surface area (Å²) in [6, 6.07) is 20.6. The van der Waals surface area contributed by atoms with Crippen LogP contribution in [0.2, 0.25) is 0 Å². The molecule has 1 aliphatic heterocycles. The van der Waals surface area contributed by atoms with Crippen LogP contribution in [0.4, 0.5) is 5.82 Å². The molecule has 1 aromatic heterocycles. The first kappa shape index (κ1) is 15.4. The first-order chi connectivity index (χ1) is 12.2. The zero-order chi connectivity index (χ0) is 17.2. The van der Waals surface area contributed by atoms with Crippen molar-refractivity contribution in [2.24, 2.45) is 0 Å². The lowest BCUT2D eigenvalue weighted by molar-refractivity contribution is 0.0697. The van der Waals surface area contributed by atoms with Crippen molar-refractivity contribution < 1.29 is 9.90 Å². The van der Waals surface area contributed by atoms with Gasteiger partial charge in [0.25, 0.3) is 0 Å². The van der Waals surface area contributed by atoms with Crippen LogP contribution in [0.5, 0.6) is 0 Å². The monoisotopic (exact) mass is 333 g/mol. The van der Waals surface area contributed by atoms with Gasteiger partial charge in [-0.15, -0.1) is 0 Å². The van der Waals surface area contributed by atoms with Gasteiger partial charge in [0.05, 0.1) is 18.3 Å². The van der Waals surface area contributed by atoms with E-state index in [2.05, 4.69) is 34.7 Å². The van der Waals surface area contributed by atoms with Gasteiger partial charge in [0.1, 0.15) is 11.4 Å². The minimum Gasteiger partial charge on any atom is -0.477 e. The van der Waals surface area contributed by atoms with Crippen LogP contribution in [0.25, 0.3) is 0 Å². The van der Waals surface area contributed by atoms with E-state index in [1.54, 1.807) is 0 Å². The molecule has 0 unspecified atom stereocenters. The average Bonchev–Trinajstić information content (AvgIpc) is 3.08. The van der Waals surface area contributed by atoms with Gasteiger partial charge in [0, 0.05) is 0 Å². The van der Waals surface area contributed by atoms with E-state index in [1.807, 2.05) is 41.1 Å². The predicted octanol–water partition coefficient (Wildman–Crippen LogP) is 3.92. The number of benzene rings is 2. The van der Waals surface area contributed by atoms with E-state index >= 15 is 0 Å². The Kier molecular flexibility index (Phi) is 3.98. The Balaban J connectivity index is 1.72. The topological polar surface area (TPSA) is 67.1 Å². The van der Waals surface area contributed by atoms with Crippen molar-refractivity contribution in [1.82, 2.24) is 9.78 Å². The summed E-state index contributed by atoms with van der Waals surface area (Å²) in [6.07, 6.45) is 3.11. The molecular weight excluding hydrogens is 314 g/mol. The molecule has 25 heavy (non-hydrogen) atoms. The molecule has 0 spiro atoms. The van der Waals surface area contributed by atoms with Gasteiger partial charge >= 0.3 is 5.97 Å².